The van der Waals surface area contributed by atoms with Gasteiger partial charge in [-0.2, -0.15) is 4.52 Å². The number of carbonyl (C=O) groups excluding carboxylic acids is 1. The monoisotopic (exact) mass is 232 g/mol. The minimum Gasteiger partial charge on any atom is -0.298 e. The van der Waals surface area contributed by atoms with Crippen molar-refractivity contribution in [2.24, 2.45) is 0 Å². The number of hydrogen-bond acceptors (Lipinski definition) is 4. The van der Waals surface area contributed by atoms with Gasteiger partial charge in [0.05, 0.1) is 11.1 Å². The molecule has 0 amide bonds. The molecular weight excluding hydrogens is 228 g/mol. The largest absolute Gasteiger partial charge is 0.298 e. The number of aldehydes is 1. The highest BCUT2D eigenvalue weighted by Crippen LogP contribution is 2.21. The Hall–Kier alpha value is -2.01. The lowest BCUT2D eigenvalue weighted by molar-refractivity contribution is 0.112. The predicted molar refractivity (Wildman–Crippen MR) is 58.7 cm³/mol. The fraction of sp³-hybridized carbons (Fsp3) is 0. The van der Waals surface area contributed by atoms with E-state index in [4.69, 9.17) is 11.6 Å². The molecule has 0 N–H and O–H groups in total. The number of carbonyl (C=O) groups is 1. The Kier molecular flexibility index (Phi) is 1.87. The van der Waals surface area contributed by atoms with E-state index in [0.29, 0.717) is 16.2 Å². The van der Waals surface area contributed by atoms with Gasteiger partial charge in [-0.25, -0.2) is 0 Å². The standard InChI is InChI=1S/C10H5ClN4O/c11-8-1-2-9-6(4-8)3-7(5-16)10-12-13-14-15(9)10/h1-5H. The lowest BCUT2D eigenvalue weighted by Crippen LogP contribution is -1.95. The number of halogens is 1. The van der Waals surface area contributed by atoms with Crippen molar-refractivity contribution in [2.75, 3.05) is 0 Å². The van der Waals surface area contributed by atoms with Gasteiger partial charge in [-0.1, -0.05) is 11.6 Å². The fourth-order valence-electron chi connectivity index (χ4n) is 1.68. The third kappa shape index (κ3) is 1.18. The van der Waals surface area contributed by atoms with Crippen LogP contribution in [0.4, 0.5) is 0 Å². The molecule has 1 aromatic carbocycles. The third-order valence-corrected chi connectivity index (χ3v) is 2.62. The second-order valence-corrected chi connectivity index (χ2v) is 3.77. The van der Waals surface area contributed by atoms with Crippen molar-refractivity contribution >= 4 is 34.4 Å². The molecule has 0 unspecified atom stereocenters. The number of hydrogen-bond donors (Lipinski definition) is 0. The van der Waals surface area contributed by atoms with Gasteiger partial charge in [-0.3, -0.25) is 4.79 Å². The summed E-state index contributed by atoms with van der Waals surface area (Å²) in [6.45, 7) is 0. The summed E-state index contributed by atoms with van der Waals surface area (Å²) >= 11 is 5.89. The quantitative estimate of drug-likeness (QED) is 0.600. The van der Waals surface area contributed by atoms with Crippen LogP contribution >= 0.6 is 11.6 Å². The molecular formula is C10H5ClN4O. The van der Waals surface area contributed by atoms with Gasteiger partial charge in [0.25, 0.3) is 0 Å². The Balaban J connectivity index is 2.58. The summed E-state index contributed by atoms with van der Waals surface area (Å²) in [5.74, 6) is 0. The van der Waals surface area contributed by atoms with E-state index in [2.05, 4.69) is 15.5 Å². The second kappa shape index (κ2) is 3.24. The van der Waals surface area contributed by atoms with E-state index in [-0.39, 0.29) is 0 Å². The normalized spacial score (nSPS) is 11.1. The summed E-state index contributed by atoms with van der Waals surface area (Å²) < 4.78 is 1.52. The zero-order chi connectivity index (χ0) is 11.1. The molecule has 16 heavy (non-hydrogen) atoms. The highest BCUT2D eigenvalue weighted by atomic mass is 35.5. The molecule has 0 atom stereocenters. The summed E-state index contributed by atoms with van der Waals surface area (Å²) in [7, 11) is 0. The molecule has 0 saturated heterocycles. The van der Waals surface area contributed by atoms with Crippen molar-refractivity contribution < 1.29 is 4.79 Å². The highest BCUT2D eigenvalue weighted by Gasteiger charge is 2.08. The van der Waals surface area contributed by atoms with Crippen molar-refractivity contribution in [1.29, 1.82) is 0 Å². The smallest absolute Gasteiger partial charge is 0.190 e. The molecule has 78 valence electrons. The van der Waals surface area contributed by atoms with E-state index >= 15 is 0 Å². The van der Waals surface area contributed by atoms with E-state index in [1.165, 1.54) is 4.52 Å². The van der Waals surface area contributed by atoms with Crippen LogP contribution in [0.3, 0.4) is 0 Å². The second-order valence-electron chi connectivity index (χ2n) is 3.33. The van der Waals surface area contributed by atoms with Gasteiger partial charge in [0, 0.05) is 10.4 Å². The number of pyridine rings is 1. The predicted octanol–water partition coefficient (Wildman–Crippen LogP) is 1.74. The summed E-state index contributed by atoms with van der Waals surface area (Å²) in [5.41, 5.74) is 1.71. The zero-order valence-electron chi connectivity index (χ0n) is 7.96. The molecule has 0 fully saturated rings. The highest BCUT2D eigenvalue weighted by molar-refractivity contribution is 6.31. The van der Waals surface area contributed by atoms with Gasteiger partial charge in [-0.05, 0) is 34.7 Å². The maximum atomic E-state index is 10.9. The van der Waals surface area contributed by atoms with E-state index in [9.17, 15) is 4.79 Å². The molecule has 0 saturated carbocycles. The van der Waals surface area contributed by atoms with Crippen LogP contribution in [0.5, 0.6) is 0 Å². The number of benzene rings is 1. The first kappa shape index (κ1) is 9.23. The number of rotatable bonds is 1. The van der Waals surface area contributed by atoms with Gasteiger partial charge >= 0.3 is 0 Å². The number of aromatic nitrogens is 4. The average Bonchev–Trinajstić information content (AvgIpc) is 2.76. The minimum atomic E-state index is 0.444. The lowest BCUT2D eigenvalue weighted by Gasteiger charge is -2.01. The molecule has 3 rings (SSSR count). The van der Waals surface area contributed by atoms with Gasteiger partial charge in [0.2, 0.25) is 0 Å². The molecule has 0 bridgehead atoms. The summed E-state index contributed by atoms with van der Waals surface area (Å²) in [5, 5.41) is 12.6. The van der Waals surface area contributed by atoms with Crippen LogP contribution in [0.1, 0.15) is 10.4 Å². The number of tetrazole rings is 1. The van der Waals surface area contributed by atoms with Crippen LogP contribution in [-0.2, 0) is 0 Å². The van der Waals surface area contributed by atoms with Gasteiger partial charge in [-0.15, -0.1) is 5.10 Å². The molecule has 5 nitrogen and oxygen atoms in total. The summed E-state index contributed by atoms with van der Waals surface area (Å²) in [6.07, 6.45) is 0.728. The summed E-state index contributed by atoms with van der Waals surface area (Å²) in [6, 6.07) is 7.06. The Morgan fingerprint density at radius 3 is 3.00 bits per heavy atom. The average molecular weight is 233 g/mol. The van der Waals surface area contributed by atoms with Crippen molar-refractivity contribution in [2.45, 2.75) is 0 Å². The van der Waals surface area contributed by atoms with Crippen molar-refractivity contribution in [3.63, 3.8) is 0 Å². The molecule has 2 heterocycles. The molecule has 6 heteroatoms. The van der Waals surface area contributed by atoms with Crippen LogP contribution in [0.25, 0.3) is 16.6 Å². The molecule has 0 aliphatic rings. The third-order valence-electron chi connectivity index (χ3n) is 2.38. The van der Waals surface area contributed by atoms with Crippen LogP contribution in [0, 0.1) is 0 Å². The van der Waals surface area contributed by atoms with Gasteiger partial charge in [0.15, 0.2) is 11.9 Å². The Morgan fingerprint density at radius 2 is 2.19 bits per heavy atom. The van der Waals surface area contributed by atoms with E-state index in [0.717, 1.165) is 17.2 Å². The van der Waals surface area contributed by atoms with Crippen molar-refractivity contribution in [3.05, 3.63) is 34.9 Å². The van der Waals surface area contributed by atoms with E-state index in [1.807, 2.05) is 6.07 Å². The number of fused-ring (bicyclic) bond motifs is 3. The molecule has 2 aromatic heterocycles. The Bertz CT molecular complexity index is 706. The zero-order valence-corrected chi connectivity index (χ0v) is 8.72. The van der Waals surface area contributed by atoms with Crippen LogP contribution in [-0.4, -0.2) is 26.3 Å². The van der Waals surface area contributed by atoms with Gasteiger partial charge < -0.3 is 0 Å². The molecule has 0 spiro atoms. The Morgan fingerprint density at radius 1 is 1.31 bits per heavy atom. The van der Waals surface area contributed by atoms with Crippen molar-refractivity contribution in [1.82, 2.24) is 20.0 Å². The SMILES string of the molecule is O=Cc1cc2cc(Cl)ccc2n2nnnc12. The first-order valence-electron chi connectivity index (χ1n) is 4.55. The molecule has 0 aliphatic heterocycles. The van der Waals surface area contributed by atoms with E-state index in [1.54, 1.807) is 18.2 Å². The molecule has 0 aliphatic carbocycles. The van der Waals surface area contributed by atoms with Crippen LogP contribution in [0.2, 0.25) is 5.02 Å². The van der Waals surface area contributed by atoms with Crippen LogP contribution in [0.15, 0.2) is 24.3 Å². The van der Waals surface area contributed by atoms with E-state index < -0.39 is 0 Å². The Labute approximate surface area is 94.6 Å². The lowest BCUT2D eigenvalue weighted by atomic mass is 10.1. The van der Waals surface area contributed by atoms with Crippen LogP contribution < -0.4 is 0 Å². The first-order valence-corrected chi connectivity index (χ1v) is 4.93. The maximum absolute atomic E-state index is 10.9. The van der Waals surface area contributed by atoms with Crippen molar-refractivity contribution in [3.8, 4) is 0 Å². The fourth-order valence-corrected chi connectivity index (χ4v) is 1.86. The summed E-state index contributed by atoms with van der Waals surface area (Å²) in [4.78, 5) is 10.9. The maximum Gasteiger partial charge on any atom is 0.190 e. The molecule has 3 aromatic rings. The van der Waals surface area contributed by atoms with Gasteiger partial charge in [0.1, 0.15) is 0 Å². The first-order chi connectivity index (χ1) is 7.79. The molecule has 0 radical (unpaired) electrons. The minimum absolute atomic E-state index is 0.444. The topological polar surface area (TPSA) is 60.2 Å². The number of nitrogens with zero attached hydrogens (tertiary/aromatic N) is 4.